The Labute approximate surface area is 94.4 Å². The van der Waals surface area contributed by atoms with Crippen LogP contribution in [-0.2, 0) is 16.6 Å². The van der Waals surface area contributed by atoms with Crippen LogP contribution >= 0.6 is 24.8 Å². The zero-order chi connectivity index (χ0) is 9.14. The van der Waals surface area contributed by atoms with Gasteiger partial charge in [0, 0.05) is 13.2 Å². The van der Waals surface area contributed by atoms with Crippen LogP contribution in [0.3, 0.4) is 0 Å². The van der Waals surface area contributed by atoms with Crippen LogP contribution in [0.4, 0.5) is 0 Å². The van der Waals surface area contributed by atoms with Crippen molar-refractivity contribution in [3.05, 3.63) is 18.0 Å². The van der Waals surface area contributed by atoms with Gasteiger partial charge in [-0.1, -0.05) is 0 Å². The molecule has 0 amide bonds. The summed E-state index contributed by atoms with van der Waals surface area (Å²) in [5.41, 5.74) is 6.03. The lowest BCUT2D eigenvalue weighted by Gasteiger charge is -2.04. The van der Waals surface area contributed by atoms with Gasteiger partial charge in [0.25, 0.3) is 0 Å². The van der Waals surface area contributed by atoms with E-state index in [1.165, 1.54) is 7.11 Å². The summed E-state index contributed by atoms with van der Waals surface area (Å²) in [4.78, 5) is 10.9. The number of aromatic nitrogens is 2. The number of ether oxygens (including phenoxy) is 1. The molecular weight excluding hydrogens is 229 g/mol. The molecule has 0 aromatic carbocycles. The molecule has 0 bridgehead atoms. The van der Waals surface area contributed by atoms with E-state index in [9.17, 15) is 4.79 Å². The van der Waals surface area contributed by atoms with Gasteiger partial charge < -0.3 is 10.5 Å². The number of hydrogen-bond acceptors (Lipinski definition) is 4. The van der Waals surface area contributed by atoms with E-state index >= 15 is 0 Å². The van der Waals surface area contributed by atoms with Gasteiger partial charge in [-0.25, -0.2) is 4.79 Å². The minimum Gasteiger partial charge on any atom is -0.468 e. The summed E-state index contributed by atoms with van der Waals surface area (Å²) in [7, 11) is 3.05. The fourth-order valence-corrected chi connectivity index (χ4v) is 0.847. The molecule has 1 unspecified atom stereocenters. The van der Waals surface area contributed by atoms with Crippen molar-refractivity contribution >= 4 is 30.8 Å². The minimum atomic E-state index is -0.781. The van der Waals surface area contributed by atoms with E-state index in [1.807, 2.05) is 0 Å². The molecule has 0 saturated carbocycles. The quantitative estimate of drug-likeness (QED) is 0.764. The van der Waals surface area contributed by atoms with Crippen molar-refractivity contribution < 1.29 is 9.53 Å². The SMILES string of the molecule is COC(=O)C(N)c1ccn(C)n1.Cl.Cl. The first-order valence-corrected chi connectivity index (χ1v) is 3.48. The maximum atomic E-state index is 10.9. The second-order valence-corrected chi connectivity index (χ2v) is 2.42. The van der Waals surface area contributed by atoms with E-state index in [0.29, 0.717) is 5.69 Å². The number of nitrogens with zero attached hydrogens (tertiary/aromatic N) is 2. The van der Waals surface area contributed by atoms with Crippen molar-refractivity contribution in [1.29, 1.82) is 0 Å². The van der Waals surface area contributed by atoms with Gasteiger partial charge in [0.1, 0.15) is 6.04 Å². The molecule has 82 valence electrons. The number of aryl methyl sites for hydroxylation is 1. The Kier molecular flexibility index (Phi) is 7.44. The molecule has 2 N–H and O–H groups in total. The molecule has 1 atom stereocenters. The van der Waals surface area contributed by atoms with Crippen molar-refractivity contribution in [2.75, 3.05) is 7.11 Å². The fraction of sp³-hybridized carbons (Fsp3) is 0.429. The number of carbonyl (C=O) groups excluding carboxylic acids is 1. The Balaban J connectivity index is 0. The van der Waals surface area contributed by atoms with Crippen LogP contribution < -0.4 is 5.73 Å². The number of esters is 1. The molecule has 1 rings (SSSR count). The zero-order valence-electron chi connectivity index (χ0n) is 7.84. The third kappa shape index (κ3) is 3.53. The largest absolute Gasteiger partial charge is 0.468 e. The van der Waals surface area contributed by atoms with Crippen LogP contribution in [0.15, 0.2) is 12.3 Å². The highest BCUT2D eigenvalue weighted by Crippen LogP contribution is 2.07. The molecule has 0 saturated heterocycles. The third-order valence-corrected chi connectivity index (χ3v) is 1.51. The standard InChI is InChI=1S/C7H11N3O2.2ClH/c1-10-4-3-5(9-10)6(8)7(11)12-2;;/h3-4,6H,8H2,1-2H3;2*1H. The van der Waals surface area contributed by atoms with Crippen molar-refractivity contribution in [3.8, 4) is 0 Å². The number of rotatable bonds is 2. The zero-order valence-corrected chi connectivity index (χ0v) is 9.47. The molecule has 0 aliphatic carbocycles. The summed E-state index contributed by atoms with van der Waals surface area (Å²) in [6.45, 7) is 0. The van der Waals surface area contributed by atoms with Gasteiger partial charge in [0.2, 0.25) is 0 Å². The monoisotopic (exact) mass is 241 g/mol. The van der Waals surface area contributed by atoms with Crippen molar-refractivity contribution in [2.45, 2.75) is 6.04 Å². The lowest BCUT2D eigenvalue weighted by atomic mass is 10.2. The highest BCUT2D eigenvalue weighted by Gasteiger charge is 2.17. The topological polar surface area (TPSA) is 70.1 Å². The maximum Gasteiger partial charge on any atom is 0.328 e. The number of halogens is 2. The van der Waals surface area contributed by atoms with Crippen molar-refractivity contribution in [1.82, 2.24) is 9.78 Å². The first-order chi connectivity index (χ1) is 5.65. The normalized spacial score (nSPS) is 10.8. The highest BCUT2D eigenvalue weighted by atomic mass is 35.5. The van der Waals surface area contributed by atoms with E-state index < -0.39 is 12.0 Å². The van der Waals surface area contributed by atoms with Gasteiger partial charge in [0.15, 0.2) is 0 Å². The molecular formula is C7H13Cl2N3O2. The fourth-order valence-electron chi connectivity index (χ4n) is 0.847. The lowest BCUT2D eigenvalue weighted by Crippen LogP contribution is -2.23. The summed E-state index contributed by atoms with van der Waals surface area (Å²) in [5.74, 6) is -0.478. The minimum absolute atomic E-state index is 0. The van der Waals surface area contributed by atoms with Gasteiger partial charge in [-0.3, -0.25) is 4.68 Å². The first-order valence-electron chi connectivity index (χ1n) is 3.48. The predicted molar refractivity (Wildman–Crippen MR) is 56.6 cm³/mol. The Hall–Kier alpha value is -0.780. The molecule has 7 heteroatoms. The molecule has 1 aromatic rings. The van der Waals surface area contributed by atoms with Crippen molar-refractivity contribution in [2.24, 2.45) is 12.8 Å². The first kappa shape index (κ1) is 15.7. The Morgan fingerprint density at radius 1 is 1.64 bits per heavy atom. The molecule has 0 radical (unpaired) electrons. The molecule has 1 aromatic heterocycles. The summed E-state index contributed by atoms with van der Waals surface area (Å²) >= 11 is 0. The van der Waals surface area contributed by atoms with E-state index in [-0.39, 0.29) is 24.8 Å². The highest BCUT2D eigenvalue weighted by molar-refractivity contribution is 5.85. The summed E-state index contributed by atoms with van der Waals surface area (Å²) in [6.07, 6.45) is 1.72. The van der Waals surface area contributed by atoms with Crippen LogP contribution in [0, 0.1) is 0 Å². The molecule has 5 nitrogen and oxygen atoms in total. The number of methoxy groups -OCH3 is 1. The summed E-state index contributed by atoms with van der Waals surface area (Å²) < 4.78 is 6.04. The molecule has 0 fully saturated rings. The predicted octanol–water partition coefficient (Wildman–Crippen LogP) is 0.436. The molecule has 0 aliphatic rings. The Morgan fingerprint density at radius 2 is 2.21 bits per heavy atom. The van der Waals surface area contributed by atoms with Gasteiger partial charge in [0.05, 0.1) is 12.8 Å². The van der Waals surface area contributed by atoms with Crippen LogP contribution in [0.5, 0.6) is 0 Å². The van der Waals surface area contributed by atoms with Crippen molar-refractivity contribution in [3.63, 3.8) is 0 Å². The lowest BCUT2D eigenvalue weighted by molar-refractivity contribution is -0.142. The molecule has 14 heavy (non-hydrogen) atoms. The number of hydrogen-bond donors (Lipinski definition) is 1. The average molecular weight is 242 g/mol. The van der Waals surface area contributed by atoms with Crippen LogP contribution in [0.2, 0.25) is 0 Å². The van der Waals surface area contributed by atoms with Crippen LogP contribution in [-0.4, -0.2) is 22.9 Å². The second-order valence-electron chi connectivity index (χ2n) is 2.42. The van der Waals surface area contributed by atoms with E-state index in [1.54, 1.807) is 24.0 Å². The van der Waals surface area contributed by atoms with E-state index in [2.05, 4.69) is 9.84 Å². The Morgan fingerprint density at radius 3 is 2.57 bits per heavy atom. The molecule has 0 aliphatic heterocycles. The third-order valence-electron chi connectivity index (χ3n) is 1.51. The smallest absolute Gasteiger partial charge is 0.328 e. The number of nitrogens with two attached hydrogens (primary N) is 1. The van der Waals surface area contributed by atoms with Crippen LogP contribution in [0.1, 0.15) is 11.7 Å². The van der Waals surface area contributed by atoms with Gasteiger partial charge in [-0.2, -0.15) is 5.10 Å². The van der Waals surface area contributed by atoms with E-state index in [4.69, 9.17) is 5.73 Å². The molecule has 1 heterocycles. The Bertz CT molecular complexity index is 290. The molecule has 0 spiro atoms. The maximum absolute atomic E-state index is 10.9. The van der Waals surface area contributed by atoms with Gasteiger partial charge in [-0.15, -0.1) is 24.8 Å². The summed E-state index contributed by atoms with van der Waals surface area (Å²) in [5, 5.41) is 3.97. The second kappa shape index (κ2) is 6.64. The number of carbonyl (C=O) groups is 1. The summed E-state index contributed by atoms with van der Waals surface area (Å²) in [6, 6.07) is 0.901. The average Bonchev–Trinajstić information content (AvgIpc) is 2.49. The van der Waals surface area contributed by atoms with Crippen LogP contribution in [0.25, 0.3) is 0 Å². The van der Waals surface area contributed by atoms with Gasteiger partial charge in [-0.05, 0) is 6.07 Å². The van der Waals surface area contributed by atoms with Gasteiger partial charge >= 0.3 is 5.97 Å². The van der Waals surface area contributed by atoms with E-state index in [0.717, 1.165) is 0 Å².